The highest BCUT2D eigenvalue weighted by molar-refractivity contribution is 4.72. The molecule has 96 valence electrons. The van der Waals surface area contributed by atoms with Crippen LogP contribution in [0.25, 0.3) is 0 Å². The fourth-order valence-corrected chi connectivity index (χ4v) is 2.20. The molecule has 0 radical (unpaired) electrons. The lowest BCUT2D eigenvalue weighted by atomic mass is 9.92. The average Bonchev–Trinajstić information content (AvgIpc) is 2.66. The van der Waals surface area contributed by atoms with Crippen LogP contribution < -0.4 is 0 Å². The van der Waals surface area contributed by atoms with Crippen molar-refractivity contribution in [2.75, 3.05) is 32.8 Å². The molecule has 1 heterocycles. The van der Waals surface area contributed by atoms with Gasteiger partial charge in [-0.05, 0) is 43.7 Å². The summed E-state index contributed by atoms with van der Waals surface area (Å²) in [4.78, 5) is 2.63. The molecule has 2 heteroatoms. The van der Waals surface area contributed by atoms with Gasteiger partial charge in [0.15, 0.2) is 0 Å². The van der Waals surface area contributed by atoms with Crippen LogP contribution in [0.3, 0.4) is 0 Å². The van der Waals surface area contributed by atoms with Crippen LogP contribution in [0.2, 0.25) is 0 Å². The van der Waals surface area contributed by atoms with Crippen LogP contribution in [-0.4, -0.2) is 37.7 Å². The topological polar surface area (TPSA) is 12.5 Å². The molecule has 0 amide bonds. The minimum Gasteiger partial charge on any atom is -0.381 e. The van der Waals surface area contributed by atoms with E-state index in [-0.39, 0.29) is 0 Å². The normalized spacial score (nSPS) is 21.9. The molecule has 0 aromatic carbocycles. The van der Waals surface area contributed by atoms with Crippen LogP contribution in [0.15, 0.2) is 0 Å². The maximum absolute atomic E-state index is 5.45. The third-order valence-corrected chi connectivity index (χ3v) is 3.26. The lowest BCUT2D eigenvalue weighted by Crippen LogP contribution is -2.33. The number of rotatable bonds is 6. The summed E-state index contributed by atoms with van der Waals surface area (Å²) in [7, 11) is 0. The van der Waals surface area contributed by atoms with E-state index in [4.69, 9.17) is 4.74 Å². The Balaban J connectivity index is 2.28. The van der Waals surface area contributed by atoms with E-state index >= 15 is 0 Å². The quantitative estimate of drug-likeness (QED) is 0.691. The van der Waals surface area contributed by atoms with E-state index in [1.807, 2.05) is 0 Å². The predicted octanol–water partition coefficient (Wildman–Crippen LogP) is 3.17. The number of hydrogen-bond acceptors (Lipinski definition) is 2. The van der Waals surface area contributed by atoms with Crippen molar-refractivity contribution in [3.63, 3.8) is 0 Å². The fraction of sp³-hybridized carbons (Fsp3) is 1.00. The van der Waals surface area contributed by atoms with Crippen LogP contribution in [0.1, 0.15) is 47.0 Å². The molecule has 1 rings (SSSR count). The maximum atomic E-state index is 5.45. The molecule has 2 nitrogen and oxygen atoms in total. The van der Waals surface area contributed by atoms with Crippen LogP contribution in [0.5, 0.6) is 0 Å². The summed E-state index contributed by atoms with van der Waals surface area (Å²) in [6.07, 6.45) is 3.81. The summed E-state index contributed by atoms with van der Waals surface area (Å²) in [5.74, 6) is 0.784. The second-order valence-corrected chi connectivity index (χ2v) is 6.34. The molecule has 1 aliphatic heterocycles. The lowest BCUT2D eigenvalue weighted by Gasteiger charge is -2.28. The molecular formula is C14H29NO. The summed E-state index contributed by atoms with van der Waals surface area (Å²) < 4.78 is 5.45. The van der Waals surface area contributed by atoms with E-state index in [0.29, 0.717) is 5.41 Å². The molecule has 1 unspecified atom stereocenters. The van der Waals surface area contributed by atoms with Crippen molar-refractivity contribution in [2.45, 2.75) is 47.0 Å². The van der Waals surface area contributed by atoms with Crippen LogP contribution in [0.4, 0.5) is 0 Å². The van der Waals surface area contributed by atoms with Crippen LogP contribution >= 0.6 is 0 Å². The first-order valence-electron chi connectivity index (χ1n) is 6.81. The number of ether oxygens (including phenoxy) is 1. The Morgan fingerprint density at radius 1 is 1.25 bits per heavy atom. The standard InChI is InChI=1S/C14H29NO/c1-5-8-15(9-7-14(2,3)4)11-13-6-10-16-12-13/h13H,5-12H2,1-4H3. The van der Waals surface area contributed by atoms with E-state index in [9.17, 15) is 0 Å². The second-order valence-electron chi connectivity index (χ2n) is 6.34. The van der Waals surface area contributed by atoms with E-state index in [1.54, 1.807) is 0 Å². The molecule has 0 spiro atoms. The predicted molar refractivity (Wildman–Crippen MR) is 69.7 cm³/mol. The van der Waals surface area contributed by atoms with Gasteiger partial charge in [0, 0.05) is 13.2 Å². The molecule has 16 heavy (non-hydrogen) atoms. The Labute approximate surface area is 101 Å². The van der Waals surface area contributed by atoms with Gasteiger partial charge in [-0.3, -0.25) is 0 Å². The molecule has 0 N–H and O–H groups in total. The van der Waals surface area contributed by atoms with Gasteiger partial charge >= 0.3 is 0 Å². The minimum atomic E-state index is 0.457. The zero-order valence-electron chi connectivity index (χ0n) is 11.6. The zero-order chi connectivity index (χ0) is 12.0. The molecular weight excluding hydrogens is 198 g/mol. The van der Waals surface area contributed by atoms with Crippen LogP contribution in [0, 0.1) is 11.3 Å². The van der Waals surface area contributed by atoms with Gasteiger partial charge in [0.05, 0.1) is 6.61 Å². The highest BCUT2D eigenvalue weighted by Crippen LogP contribution is 2.20. The Hall–Kier alpha value is -0.0800. The van der Waals surface area contributed by atoms with E-state index in [1.165, 1.54) is 38.9 Å². The van der Waals surface area contributed by atoms with E-state index in [0.717, 1.165) is 19.1 Å². The van der Waals surface area contributed by atoms with Gasteiger partial charge in [-0.2, -0.15) is 0 Å². The van der Waals surface area contributed by atoms with Gasteiger partial charge in [-0.15, -0.1) is 0 Å². The highest BCUT2D eigenvalue weighted by Gasteiger charge is 2.20. The first kappa shape index (κ1) is 14.0. The SMILES string of the molecule is CCCN(CCC(C)(C)C)CC1CCOC1. The second kappa shape index (κ2) is 6.61. The first-order chi connectivity index (χ1) is 7.51. The van der Waals surface area contributed by atoms with Crippen molar-refractivity contribution in [2.24, 2.45) is 11.3 Å². The molecule has 1 atom stereocenters. The van der Waals surface area contributed by atoms with Gasteiger partial charge in [-0.1, -0.05) is 27.7 Å². The molecule has 1 saturated heterocycles. The van der Waals surface area contributed by atoms with Gasteiger partial charge in [0.1, 0.15) is 0 Å². The monoisotopic (exact) mass is 227 g/mol. The fourth-order valence-electron chi connectivity index (χ4n) is 2.20. The van der Waals surface area contributed by atoms with Crippen molar-refractivity contribution in [1.29, 1.82) is 0 Å². The summed E-state index contributed by atoms with van der Waals surface area (Å²) in [5, 5.41) is 0. The van der Waals surface area contributed by atoms with Crippen molar-refractivity contribution in [3.05, 3.63) is 0 Å². The smallest absolute Gasteiger partial charge is 0.0507 e. The van der Waals surface area contributed by atoms with Crippen molar-refractivity contribution < 1.29 is 4.74 Å². The van der Waals surface area contributed by atoms with Gasteiger partial charge in [0.2, 0.25) is 0 Å². The van der Waals surface area contributed by atoms with E-state index < -0.39 is 0 Å². The maximum Gasteiger partial charge on any atom is 0.0507 e. The molecule has 0 bridgehead atoms. The number of hydrogen-bond donors (Lipinski definition) is 0. The van der Waals surface area contributed by atoms with Gasteiger partial charge in [0.25, 0.3) is 0 Å². The average molecular weight is 227 g/mol. The summed E-state index contributed by atoms with van der Waals surface area (Å²) >= 11 is 0. The third kappa shape index (κ3) is 5.86. The first-order valence-corrected chi connectivity index (χ1v) is 6.81. The third-order valence-electron chi connectivity index (χ3n) is 3.26. The minimum absolute atomic E-state index is 0.457. The van der Waals surface area contributed by atoms with E-state index in [2.05, 4.69) is 32.6 Å². The van der Waals surface area contributed by atoms with Crippen molar-refractivity contribution in [3.8, 4) is 0 Å². The number of nitrogens with zero attached hydrogens (tertiary/aromatic N) is 1. The molecule has 1 aliphatic rings. The molecule has 0 aromatic heterocycles. The largest absolute Gasteiger partial charge is 0.381 e. The van der Waals surface area contributed by atoms with Crippen molar-refractivity contribution >= 4 is 0 Å². The molecule has 0 aromatic rings. The Morgan fingerprint density at radius 3 is 2.50 bits per heavy atom. The van der Waals surface area contributed by atoms with Crippen LogP contribution in [-0.2, 0) is 4.74 Å². The molecule has 0 saturated carbocycles. The molecule has 0 aliphatic carbocycles. The summed E-state index contributed by atoms with van der Waals surface area (Å²) in [6.45, 7) is 14.9. The summed E-state index contributed by atoms with van der Waals surface area (Å²) in [5.41, 5.74) is 0.457. The Morgan fingerprint density at radius 2 is 2.00 bits per heavy atom. The molecule has 1 fully saturated rings. The van der Waals surface area contributed by atoms with Crippen molar-refractivity contribution in [1.82, 2.24) is 4.90 Å². The Kier molecular flexibility index (Phi) is 5.77. The highest BCUT2D eigenvalue weighted by atomic mass is 16.5. The van der Waals surface area contributed by atoms with Gasteiger partial charge in [-0.25, -0.2) is 0 Å². The zero-order valence-corrected chi connectivity index (χ0v) is 11.6. The Bertz CT molecular complexity index is 180. The summed E-state index contributed by atoms with van der Waals surface area (Å²) in [6, 6.07) is 0. The van der Waals surface area contributed by atoms with Gasteiger partial charge < -0.3 is 9.64 Å². The lowest BCUT2D eigenvalue weighted by molar-refractivity contribution is 0.159.